The topological polar surface area (TPSA) is 61.8 Å². The van der Waals surface area contributed by atoms with Gasteiger partial charge in [-0.15, -0.1) is 0 Å². The lowest BCUT2D eigenvalue weighted by atomic mass is 10.4. The van der Waals surface area contributed by atoms with Gasteiger partial charge in [-0.05, 0) is 12.8 Å². The van der Waals surface area contributed by atoms with E-state index in [0.717, 1.165) is 0 Å². The normalized spacial score (nSPS) is 10.9. The van der Waals surface area contributed by atoms with Gasteiger partial charge < -0.3 is 14.2 Å². The highest BCUT2D eigenvalue weighted by atomic mass is 16.6. The number of ether oxygens (including phenoxy) is 3. The van der Waals surface area contributed by atoms with Crippen LogP contribution in [-0.4, -0.2) is 38.4 Å². The molecule has 0 radical (unpaired) electrons. The summed E-state index contributed by atoms with van der Waals surface area (Å²) in [7, 11) is 0. The van der Waals surface area contributed by atoms with E-state index in [4.69, 9.17) is 9.47 Å². The summed E-state index contributed by atoms with van der Waals surface area (Å²) in [6, 6.07) is 0. The van der Waals surface area contributed by atoms with Crippen molar-refractivity contribution in [2.75, 3.05) is 26.4 Å². The second-order valence-electron chi connectivity index (χ2n) is 3.86. The Hall–Kier alpha value is -1.98. The van der Waals surface area contributed by atoms with Gasteiger partial charge in [0, 0.05) is 0 Å². The molecule has 0 atom stereocenters. The molecular weight excluding hydrogens is 272 g/mol. The molecule has 0 N–H and O–H groups in total. The number of carbonyl (C=O) groups excluding carboxylic acids is 2. The molecule has 0 saturated heterocycles. The van der Waals surface area contributed by atoms with Gasteiger partial charge in [-0.25, -0.2) is 9.59 Å². The standard InChI is InChI=1S/C16H22O5/c1-3-5-7-9-11-19-13-15(17)21-16(18)14-20-12-10-8-6-4-2/h3-8H,1-2,9-14H2. The number of rotatable bonds is 12. The Morgan fingerprint density at radius 1 is 0.810 bits per heavy atom. The minimum Gasteiger partial charge on any atom is -0.390 e. The molecule has 5 nitrogen and oxygen atoms in total. The van der Waals surface area contributed by atoms with Crippen LogP contribution in [0.1, 0.15) is 12.8 Å². The van der Waals surface area contributed by atoms with E-state index < -0.39 is 11.9 Å². The fourth-order valence-corrected chi connectivity index (χ4v) is 1.18. The highest BCUT2D eigenvalue weighted by molar-refractivity contribution is 5.86. The van der Waals surface area contributed by atoms with Gasteiger partial charge in [-0.2, -0.15) is 0 Å². The molecule has 116 valence electrons. The number of allylic oxidation sites excluding steroid dienone is 4. The summed E-state index contributed by atoms with van der Waals surface area (Å²) >= 11 is 0. The Morgan fingerprint density at radius 2 is 1.24 bits per heavy atom. The van der Waals surface area contributed by atoms with Crippen molar-refractivity contribution in [3.8, 4) is 0 Å². The fraction of sp³-hybridized carbons (Fsp3) is 0.375. The zero-order valence-electron chi connectivity index (χ0n) is 12.2. The van der Waals surface area contributed by atoms with Crippen LogP contribution in [0.5, 0.6) is 0 Å². The van der Waals surface area contributed by atoms with E-state index in [2.05, 4.69) is 17.9 Å². The minimum absolute atomic E-state index is 0.254. The molecule has 21 heavy (non-hydrogen) atoms. The van der Waals surface area contributed by atoms with Crippen LogP contribution in [0.2, 0.25) is 0 Å². The maximum atomic E-state index is 11.2. The van der Waals surface area contributed by atoms with Crippen LogP contribution < -0.4 is 0 Å². The smallest absolute Gasteiger partial charge is 0.339 e. The monoisotopic (exact) mass is 294 g/mol. The van der Waals surface area contributed by atoms with Gasteiger partial charge in [0.05, 0.1) is 13.2 Å². The van der Waals surface area contributed by atoms with Gasteiger partial charge in [-0.3, -0.25) is 0 Å². The van der Waals surface area contributed by atoms with Crippen LogP contribution in [0.15, 0.2) is 49.6 Å². The summed E-state index contributed by atoms with van der Waals surface area (Å²) in [4.78, 5) is 22.5. The lowest BCUT2D eigenvalue weighted by Gasteiger charge is -2.04. The summed E-state index contributed by atoms with van der Waals surface area (Å²) < 4.78 is 14.6. The molecule has 0 aliphatic carbocycles. The first-order chi connectivity index (χ1) is 10.2. The summed E-state index contributed by atoms with van der Waals surface area (Å²) in [6.45, 7) is 7.29. The molecule has 0 saturated carbocycles. The Bertz CT molecular complexity index is 346. The molecule has 0 aromatic carbocycles. The first-order valence-corrected chi connectivity index (χ1v) is 6.64. The molecule has 0 amide bonds. The predicted octanol–water partition coefficient (Wildman–Crippen LogP) is 2.35. The van der Waals surface area contributed by atoms with Crippen molar-refractivity contribution < 1.29 is 23.8 Å². The van der Waals surface area contributed by atoms with E-state index in [9.17, 15) is 9.59 Å². The van der Waals surface area contributed by atoms with Crippen LogP contribution in [0.3, 0.4) is 0 Å². The second-order valence-corrected chi connectivity index (χ2v) is 3.86. The van der Waals surface area contributed by atoms with Gasteiger partial charge >= 0.3 is 11.9 Å². The van der Waals surface area contributed by atoms with Gasteiger partial charge in [-0.1, -0.05) is 49.6 Å². The van der Waals surface area contributed by atoms with Crippen molar-refractivity contribution in [3.05, 3.63) is 49.6 Å². The summed E-state index contributed by atoms with van der Waals surface area (Å²) in [6.07, 6.45) is 11.9. The summed E-state index contributed by atoms with van der Waals surface area (Å²) in [5, 5.41) is 0. The van der Waals surface area contributed by atoms with E-state index in [0.29, 0.717) is 26.1 Å². The van der Waals surface area contributed by atoms with Crippen LogP contribution in [-0.2, 0) is 23.8 Å². The third-order valence-corrected chi connectivity index (χ3v) is 2.07. The molecule has 0 aromatic rings. The highest BCUT2D eigenvalue weighted by Crippen LogP contribution is 1.91. The van der Waals surface area contributed by atoms with Crippen LogP contribution in [0, 0.1) is 0 Å². The zero-order chi connectivity index (χ0) is 15.8. The minimum atomic E-state index is -0.720. The molecule has 0 rings (SSSR count). The van der Waals surface area contributed by atoms with Crippen molar-refractivity contribution >= 4 is 11.9 Å². The number of esters is 2. The average molecular weight is 294 g/mol. The average Bonchev–Trinajstić information content (AvgIpc) is 2.46. The Balaban J connectivity index is 3.54. The molecule has 0 aliphatic rings. The van der Waals surface area contributed by atoms with Crippen LogP contribution in [0.25, 0.3) is 0 Å². The molecule has 0 aliphatic heterocycles. The molecule has 0 unspecified atom stereocenters. The zero-order valence-corrected chi connectivity index (χ0v) is 12.2. The SMILES string of the molecule is C=CC=CCCOCC(=O)OC(=O)COCCC=CC=C. The Kier molecular flexibility index (Phi) is 13.1. The molecule has 0 heterocycles. The van der Waals surface area contributed by atoms with E-state index >= 15 is 0 Å². The summed E-state index contributed by atoms with van der Waals surface area (Å²) in [5.41, 5.74) is 0. The Labute approximate surface area is 125 Å². The maximum absolute atomic E-state index is 11.2. The third kappa shape index (κ3) is 14.2. The first kappa shape index (κ1) is 19.0. The highest BCUT2D eigenvalue weighted by Gasteiger charge is 2.10. The maximum Gasteiger partial charge on any atom is 0.339 e. The van der Waals surface area contributed by atoms with Crippen molar-refractivity contribution in [2.24, 2.45) is 0 Å². The number of carbonyl (C=O) groups is 2. The summed E-state index contributed by atoms with van der Waals surface area (Å²) in [5.74, 6) is -1.44. The van der Waals surface area contributed by atoms with Crippen molar-refractivity contribution in [1.82, 2.24) is 0 Å². The van der Waals surface area contributed by atoms with Crippen LogP contribution >= 0.6 is 0 Å². The predicted molar refractivity (Wildman–Crippen MR) is 80.6 cm³/mol. The molecule has 0 bridgehead atoms. The van der Waals surface area contributed by atoms with Gasteiger partial charge in [0.15, 0.2) is 0 Å². The van der Waals surface area contributed by atoms with Crippen molar-refractivity contribution in [2.45, 2.75) is 12.8 Å². The van der Waals surface area contributed by atoms with E-state index in [-0.39, 0.29) is 13.2 Å². The largest absolute Gasteiger partial charge is 0.390 e. The van der Waals surface area contributed by atoms with Crippen molar-refractivity contribution in [1.29, 1.82) is 0 Å². The van der Waals surface area contributed by atoms with Gasteiger partial charge in [0.1, 0.15) is 13.2 Å². The third-order valence-electron chi connectivity index (χ3n) is 2.07. The molecule has 0 fully saturated rings. The van der Waals surface area contributed by atoms with Gasteiger partial charge in [0.2, 0.25) is 0 Å². The van der Waals surface area contributed by atoms with E-state index in [1.165, 1.54) is 0 Å². The van der Waals surface area contributed by atoms with E-state index in [1.54, 1.807) is 24.3 Å². The Morgan fingerprint density at radius 3 is 1.62 bits per heavy atom. The molecule has 5 heteroatoms. The molecule has 0 spiro atoms. The number of hydrogen-bond acceptors (Lipinski definition) is 5. The first-order valence-electron chi connectivity index (χ1n) is 6.64. The van der Waals surface area contributed by atoms with Crippen LogP contribution in [0.4, 0.5) is 0 Å². The molecule has 0 aromatic heterocycles. The fourth-order valence-electron chi connectivity index (χ4n) is 1.18. The van der Waals surface area contributed by atoms with E-state index in [1.807, 2.05) is 12.2 Å². The lowest BCUT2D eigenvalue weighted by molar-refractivity contribution is -0.165. The quantitative estimate of drug-likeness (QED) is 0.239. The molecular formula is C16H22O5. The number of hydrogen-bond donors (Lipinski definition) is 0. The second kappa shape index (κ2) is 14.4. The van der Waals surface area contributed by atoms with Crippen molar-refractivity contribution in [3.63, 3.8) is 0 Å². The van der Waals surface area contributed by atoms with Gasteiger partial charge in [0.25, 0.3) is 0 Å². The lowest BCUT2D eigenvalue weighted by Crippen LogP contribution is -2.21.